The molecule has 1 N–H and O–H groups in total. The summed E-state index contributed by atoms with van der Waals surface area (Å²) in [6, 6.07) is 9.33. The summed E-state index contributed by atoms with van der Waals surface area (Å²) in [6.45, 7) is 3.30. The molecule has 0 aliphatic carbocycles. The van der Waals surface area contributed by atoms with Crippen LogP contribution in [0.5, 0.6) is 0 Å². The van der Waals surface area contributed by atoms with Gasteiger partial charge in [-0.1, -0.05) is 25.1 Å². The molecule has 3 nitrogen and oxygen atoms in total. The van der Waals surface area contributed by atoms with Gasteiger partial charge in [-0.15, -0.1) is 0 Å². The van der Waals surface area contributed by atoms with Crippen LogP contribution in [0.3, 0.4) is 0 Å². The van der Waals surface area contributed by atoms with Gasteiger partial charge in [0.2, 0.25) is 0 Å². The van der Waals surface area contributed by atoms with Crippen LogP contribution in [0.4, 0.5) is 0 Å². The summed E-state index contributed by atoms with van der Waals surface area (Å²) in [6.07, 6.45) is 2.13. The van der Waals surface area contributed by atoms with Crippen LogP contribution in [-0.2, 0) is 0 Å². The Morgan fingerprint density at radius 2 is 1.88 bits per heavy atom. The van der Waals surface area contributed by atoms with E-state index in [9.17, 15) is 9.90 Å². The molecule has 2 rings (SSSR count). The van der Waals surface area contributed by atoms with E-state index in [-0.39, 0.29) is 5.91 Å². The van der Waals surface area contributed by atoms with E-state index in [1.54, 1.807) is 0 Å². The van der Waals surface area contributed by atoms with Crippen LogP contribution in [0.1, 0.15) is 36.5 Å². The number of piperidine rings is 1. The van der Waals surface area contributed by atoms with Crippen molar-refractivity contribution in [3.05, 3.63) is 35.9 Å². The van der Waals surface area contributed by atoms with Crippen LogP contribution >= 0.6 is 0 Å². The highest BCUT2D eigenvalue weighted by Gasteiger charge is 2.32. The number of likely N-dealkylation sites (tertiary alicyclic amines) is 1. The summed E-state index contributed by atoms with van der Waals surface area (Å²) in [5.74, 6) is 0.0729. The molecule has 1 aliphatic rings. The van der Waals surface area contributed by atoms with E-state index >= 15 is 0 Å². The molecule has 0 unspecified atom stereocenters. The second kappa shape index (κ2) is 4.88. The van der Waals surface area contributed by atoms with E-state index in [2.05, 4.69) is 0 Å². The maximum Gasteiger partial charge on any atom is 0.253 e. The standard InChI is InChI=1S/C14H19NO2/c1-2-14(17)8-10-15(11-9-14)13(16)12-6-4-3-5-7-12/h3-7,17H,2,8-11H2,1H3. The summed E-state index contributed by atoms with van der Waals surface area (Å²) in [5.41, 5.74) is 0.169. The van der Waals surface area contributed by atoms with Crippen LogP contribution in [0.25, 0.3) is 0 Å². The average Bonchev–Trinajstić information content (AvgIpc) is 2.40. The number of amides is 1. The van der Waals surface area contributed by atoms with E-state index in [0.29, 0.717) is 25.9 Å². The second-order valence-corrected chi connectivity index (χ2v) is 4.74. The zero-order valence-electron chi connectivity index (χ0n) is 10.2. The highest BCUT2D eigenvalue weighted by Crippen LogP contribution is 2.25. The normalized spacial score (nSPS) is 19.1. The van der Waals surface area contributed by atoms with Crippen molar-refractivity contribution >= 4 is 5.91 Å². The predicted octanol–water partition coefficient (Wildman–Crippen LogP) is 2.06. The Morgan fingerprint density at radius 3 is 2.41 bits per heavy atom. The molecule has 0 spiro atoms. The van der Waals surface area contributed by atoms with Gasteiger partial charge in [-0.3, -0.25) is 4.79 Å². The van der Waals surface area contributed by atoms with Gasteiger partial charge in [0.05, 0.1) is 5.60 Å². The third-order valence-electron chi connectivity index (χ3n) is 3.66. The first-order chi connectivity index (χ1) is 8.14. The molecule has 0 atom stereocenters. The zero-order chi connectivity index (χ0) is 12.3. The number of nitrogens with zero attached hydrogens (tertiary/aromatic N) is 1. The molecular weight excluding hydrogens is 214 g/mol. The zero-order valence-corrected chi connectivity index (χ0v) is 10.2. The molecule has 1 aromatic carbocycles. The molecule has 17 heavy (non-hydrogen) atoms. The first kappa shape index (κ1) is 12.1. The van der Waals surface area contributed by atoms with Crippen molar-refractivity contribution in [2.45, 2.75) is 31.8 Å². The van der Waals surface area contributed by atoms with Gasteiger partial charge >= 0.3 is 0 Å². The lowest BCUT2D eigenvalue weighted by atomic mass is 9.89. The van der Waals surface area contributed by atoms with Gasteiger partial charge < -0.3 is 10.0 Å². The highest BCUT2D eigenvalue weighted by molar-refractivity contribution is 5.94. The maximum atomic E-state index is 12.1. The van der Waals surface area contributed by atoms with Crippen LogP contribution in [0, 0.1) is 0 Å². The van der Waals surface area contributed by atoms with Gasteiger partial charge in [-0.2, -0.15) is 0 Å². The van der Waals surface area contributed by atoms with Crippen molar-refractivity contribution in [1.82, 2.24) is 4.90 Å². The van der Waals surface area contributed by atoms with Gasteiger partial charge in [0.25, 0.3) is 5.91 Å². The predicted molar refractivity (Wildman–Crippen MR) is 66.8 cm³/mol. The minimum atomic E-state index is -0.562. The largest absolute Gasteiger partial charge is 0.390 e. The number of carbonyl (C=O) groups excluding carboxylic acids is 1. The Labute approximate surface area is 102 Å². The maximum absolute atomic E-state index is 12.1. The summed E-state index contributed by atoms with van der Waals surface area (Å²) in [4.78, 5) is 14.0. The van der Waals surface area contributed by atoms with Crippen LogP contribution in [0.2, 0.25) is 0 Å². The molecule has 1 saturated heterocycles. The fourth-order valence-electron chi connectivity index (χ4n) is 2.24. The Morgan fingerprint density at radius 1 is 1.29 bits per heavy atom. The number of aliphatic hydroxyl groups is 1. The average molecular weight is 233 g/mol. The van der Waals surface area contributed by atoms with Crippen molar-refractivity contribution in [2.75, 3.05) is 13.1 Å². The van der Waals surface area contributed by atoms with E-state index < -0.39 is 5.60 Å². The van der Waals surface area contributed by atoms with Crippen molar-refractivity contribution in [2.24, 2.45) is 0 Å². The summed E-state index contributed by atoms with van der Waals surface area (Å²) in [5, 5.41) is 10.1. The van der Waals surface area contributed by atoms with Gasteiger partial charge in [-0.25, -0.2) is 0 Å². The topological polar surface area (TPSA) is 40.5 Å². The van der Waals surface area contributed by atoms with E-state index in [1.165, 1.54) is 0 Å². The molecule has 0 bridgehead atoms. The van der Waals surface area contributed by atoms with Gasteiger partial charge in [-0.05, 0) is 31.4 Å². The highest BCUT2D eigenvalue weighted by atomic mass is 16.3. The third-order valence-corrected chi connectivity index (χ3v) is 3.66. The van der Waals surface area contributed by atoms with Crippen LogP contribution in [0.15, 0.2) is 30.3 Å². The molecule has 1 fully saturated rings. The van der Waals surface area contributed by atoms with E-state index in [0.717, 1.165) is 12.0 Å². The fourth-order valence-corrected chi connectivity index (χ4v) is 2.24. The minimum Gasteiger partial charge on any atom is -0.390 e. The first-order valence-electron chi connectivity index (χ1n) is 6.21. The second-order valence-electron chi connectivity index (χ2n) is 4.74. The Hall–Kier alpha value is -1.35. The van der Waals surface area contributed by atoms with Crippen LogP contribution < -0.4 is 0 Å². The molecule has 1 aliphatic heterocycles. The molecule has 0 saturated carbocycles. The number of hydrogen-bond acceptors (Lipinski definition) is 2. The lowest BCUT2D eigenvalue weighted by Gasteiger charge is -2.37. The molecule has 1 amide bonds. The lowest BCUT2D eigenvalue weighted by Crippen LogP contribution is -2.46. The minimum absolute atomic E-state index is 0.0729. The van der Waals surface area contributed by atoms with Crippen molar-refractivity contribution in [1.29, 1.82) is 0 Å². The number of rotatable bonds is 2. The molecule has 92 valence electrons. The first-order valence-corrected chi connectivity index (χ1v) is 6.21. The van der Waals surface area contributed by atoms with E-state index in [4.69, 9.17) is 0 Å². The SMILES string of the molecule is CCC1(O)CCN(C(=O)c2ccccc2)CC1. The Kier molecular flexibility index (Phi) is 3.48. The van der Waals surface area contributed by atoms with Crippen molar-refractivity contribution < 1.29 is 9.90 Å². The van der Waals surface area contributed by atoms with Crippen LogP contribution in [-0.4, -0.2) is 34.6 Å². The Bertz CT molecular complexity index is 380. The smallest absolute Gasteiger partial charge is 0.253 e. The molecule has 1 heterocycles. The quantitative estimate of drug-likeness (QED) is 0.849. The van der Waals surface area contributed by atoms with Gasteiger partial charge in [0.15, 0.2) is 0 Å². The number of benzene rings is 1. The van der Waals surface area contributed by atoms with Gasteiger partial charge in [0, 0.05) is 18.7 Å². The Balaban J connectivity index is 2.00. The third kappa shape index (κ3) is 2.67. The monoisotopic (exact) mass is 233 g/mol. The summed E-state index contributed by atoms with van der Waals surface area (Å²) < 4.78 is 0. The number of carbonyl (C=O) groups is 1. The van der Waals surface area contributed by atoms with Crippen molar-refractivity contribution in [3.8, 4) is 0 Å². The molecule has 0 radical (unpaired) electrons. The molecule has 1 aromatic rings. The summed E-state index contributed by atoms with van der Waals surface area (Å²) >= 11 is 0. The molecular formula is C14H19NO2. The van der Waals surface area contributed by atoms with Crippen molar-refractivity contribution in [3.63, 3.8) is 0 Å². The number of hydrogen-bond donors (Lipinski definition) is 1. The van der Waals surface area contributed by atoms with E-state index in [1.807, 2.05) is 42.2 Å². The summed E-state index contributed by atoms with van der Waals surface area (Å²) in [7, 11) is 0. The fraction of sp³-hybridized carbons (Fsp3) is 0.500. The molecule has 3 heteroatoms. The van der Waals surface area contributed by atoms with Gasteiger partial charge in [0.1, 0.15) is 0 Å². The lowest BCUT2D eigenvalue weighted by molar-refractivity contribution is -0.0193. The molecule has 0 aromatic heterocycles.